The average Bonchev–Trinajstić information content (AvgIpc) is 3.20. The van der Waals surface area contributed by atoms with E-state index in [4.69, 9.17) is 27.9 Å². The molecule has 0 aliphatic carbocycles. The zero-order valence-corrected chi connectivity index (χ0v) is 17.0. The van der Waals surface area contributed by atoms with Crippen LogP contribution >= 0.6 is 23.2 Å². The van der Waals surface area contributed by atoms with Gasteiger partial charge in [-0.05, 0) is 43.2 Å². The zero-order chi connectivity index (χ0) is 20.3. The number of nitrogens with zero attached hydrogens (tertiary/aromatic N) is 1. The number of nitrogens with one attached hydrogen (secondary N) is 1. The molecule has 0 radical (unpaired) electrons. The Balaban J connectivity index is 1.71. The minimum Gasteiger partial charge on any atom is -0.506 e. The highest BCUT2D eigenvalue weighted by atomic mass is 35.5. The second-order valence-corrected chi connectivity index (χ2v) is 8.98. The Kier molecular flexibility index (Phi) is 6.34. The summed E-state index contributed by atoms with van der Waals surface area (Å²) >= 11 is 11.8. The van der Waals surface area contributed by atoms with Crippen molar-refractivity contribution in [2.75, 3.05) is 25.0 Å². The van der Waals surface area contributed by atoms with E-state index in [1.165, 1.54) is 34.6 Å². The van der Waals surface area contributed by atoms with E-state index in [1.807, 2.05) is 0 Å². The molecule has 1 aliphatic heterocycles. The molecular formula is C18H18Cl2N2O5S. The molecule has 0 spiro atoms. The molecule has 0 atom stereocenters. The molecule has 7 nitrogen and oxygen atoms in total. The van der Waals surface area contributed by atoms with Crippen LogP contribution in [0, 0.1) is 0 Å². The quantitative estimate of drug-likeness (QED) is 0.664. The lowest BCUT2D eigenvalue weighted by Gasteiger charge is -2.17. The Bertz CT molecular complexity index is 991. The summed E-state index contributed by atoms with van der Waals surface area (Å²) in [4.78, 5) is 12.2. The predicted octanol–water partition coefficient (Wildman–Crippen LogP) is 3.50. The van der Waals surface area contributed by atoms with Crippen LogP contribution in [0.4, 0.5) is 5.69 Å². The number of aromatic hydroxyl groups is 1. The Morgan fingerprint density at radius 2 is 1.86 bits per heavy atom. The smallest absolute Gasteiger partial charge is 0.262 e. The Labute approximate surface area is 172 Å². The molecule has 0 saturated carbocycles. The first-order chi connectivity index (χ1) is 13.3. The minimum atomic E-state index is -3.67. The van der Waals surface area contributed by atoms with E-state index in [2.05, 4.69) is 5.32 Å². The van der Waals surface area contributed by atoms with Crippen LogP contribution in [-0.4, -0.2) is 43.4 Å². The first kappa shape index (κ1) is 20.7. The van der Waals surface area contributed by atoms with Gasteiger partial charge in [0.25, 0.3) is 5.91 Å². The summed E-state index contributed by atoms with van der Waals surface area (Å²) in [5.41, 5.74) is -0.0222. The van der Waals surface area contributed by atoms with Crippen LogP contribution in [0.5, 0.6) is 11.5 Å². The average molecular weight is 445 g/mol. The summed E-state index contributed by atoms with van der Waals surface area (Å²) in [6.45, 7) is 0.515. The highest BCUT2D eigenvalue weighted by Gasteiger charge is 2.28. The number of hydrogen-bond donors (Lipinski definition) is 2. The van der Waals surface area contributed by atoms with Gasteiger partial charge in [0.15, 0.2) is 6.61 Å². The molecule has 0 unspecified atom stereocenters. The molecule has 0 aromatic heterocycles. The summed E-state index contributed by atoms with van der Waals surface area (Å²) < 4.78 is 32.0. The lowest BCUT2D eigenvalue weighted by molar-refractivity contribution is -0.118. The van der Waals surface area contributed by atoms with Crippen molar-refractivity contribution in [2.24, 2.45) is 0 Å². The van der Waals surface area contributed by atoms with Gasteiger partial charge in [0.2, 0.25) is 10.0 Å². The molecule has 150 valence electrons. The fourth-order valence-corrected chi connectivity index (χ4v) is 4.65. The van der Waals surface area contributed by atoms with Gasteiger partial charge in [-0.1, -0.05) is 23.2 Å². The fourth-order valence-electron chi connectivity index (χ4n) is 2.77. The van der Waals surface area contributed by atoms with Gasteiger partial charge in [0, 0.05) is 24.2 Å². The molecule has 28 heavy (non-hydrogen) atoms. The topological polar surface area (TPSA) is 95.9 Å². The molecule has 2 aromatic rings. The molecule has 1 fully saturated rings. The summed E-state index contributed by atoms with van der Waals surface area (Å²) in [5, 5.41) is 13.1. The molecule has 2 N–H and O–H groups in total. The number of hydrogen-bond acceptors (Lipinski definition) is 5. The van der Waals surface area contributed by atoms with Crippen LogP contribution in [0.3, 0.4) is 0 Å². The van der Waals surface area contributed by atoms with Crippen molar-refractivity contribution in [3.63, 3.8) is 0 Å². The van der Waals surface area contributed by atoms with E-state index >= 15 is 0 Å². The highest BCUT2D eigenvalue weighted by Crippen LogP contribution is 2.30. The molecule has 1 saturated heterocycles. The third-order valence-corrected chi connectivity index (χ3v) is 6.64. The van der Waals surface area contributed by atoms with E-state index in [9.17, 15) is 18.3 Å². The summed E-state index contributed by atoms with van der Waals surface area (Å²) in [6, 6.07) is 8.36. The number of carbonyl (C=O) groups excluding carboxylic acids is 1. The lowest BCUT2D eigenvalue weighted by Crippen LogP contribution is -2.28. The number of carbonyl (C=O) groups is 1. The SMILES string of the molecule is O=C(COc1cc(Cl)ccc1Cl)Nc1cc(S(=O)(=O)N2CCCC2)ccc1O. The van der Waals surface area contributed by atoms with Gasteiger partial charge in [-0.15, -0.1) is 0 Å². The van der Waals surface area contributed by atoms with Crippen molar-refractivity contribution >= 4 is 44.8 Å². The van der Waals surface area contributed by atoms with Crippen LogP contribution in [0.25, 0.3) is 0 Å². The molecule has 0 bridgehead atoms. The van der Waals surface area contributed by atoms with Crippen molar-refractivity contribution in [2.45, 2.75) is 17.7 Å². The second-order valence-electron chi connectivity index (χ2n) is 6.20. The molecule has 1 heterocycles. The van der Waals surface area contributed by atoms with Gasteiger partial charge >= 0.3 is 0 Å². The molecule has 10 heteroatoms. The number of rotatable bonds is 6. The van der Waals surface area contributed by atoms with Crippen molar-refractivity contribution < 1.29 is 23.1 Å². The van der Waals surface area contributed by atoms with Gasteiger partial charge in [-0.25, -0.2) is 8.42 Å². The monoisotopic (exact) mass is 444 g/mol. The maximum Gasteiger partial charge on any atom is 0.262 e. The Morgan fingerprint density at radius 3 is 2.57 bits per heavy atom. The van der Waals surface area contributed by atoms with E-state index in [0.29, 0.717) is 23.1 Å². The van der Waals surface area contributed by atoms with E-state index in [-0.39, 0.29) is 22.1 Å². The van der Waals surface area contributed by atoms with Crippen LogP contribution < -0.4 is 10.1 Å². The second kappa shape index (κ2) is 8.57. The van der Waals surface area contributed by atoms with Gasteiger partial charge in [-0.3, -0.25) is 4.79 Å². The molecular weight excluding hydrogens is 427 g/mol. The number of anilines is 1. The van der Waals surface area contributed by atoms with Crippen molar-refractivity contribution in [3.8, 4) is 11.5 Å². The number of benzene rings is 2. The highest BCUT2D eigenvalue weighted by molar-refractivity contribution is 7.89. The van der Waals surface area contributed by atoms with E-state index in [1.54, 1.807) is 6.07 Å². The Morgan fingerprint density at radius 1 is 1.14 bits per heavy atom. The van der Waals surface area contributed by atoms with E-state index in [0.717, 1.165) is 12.8 Å². The van der Waals surface area contributed by atoms with Crippen molar-refractivity contribution in [1.82, 2.24) is 4.31 Å². The summed E-state index contributed by atoms with van der Waals surface area (Å²) in [5.74, 6) is -0.615. The van der Waals surface area contributed by atoms with Crippen LogP contribution in [0.15, 0.2) is 41.3 Å². The third-order valence-electron chi connectivity index (χ3n) is 4.20. The van der Waals surface area contributed by atoms with Gasteiger partial charge in [0.05, 0.1) is 15.6 Å². The van der Waals surface area contributed by atoms with Crippen LogP contribution in [0.2, 0.25) is 10.0 Å². The Hall–Kier alpha value is -2.00. The maximum atomic E-state index is 12.6. The molecule has 1 amide bonds. The largest absolute Gasteiger partial charge is 0.506 e. The van der Waals surface area contributed by atoms with E-state index < -0.39 is 22.5 Å². The maximum absolute atomic E-state index is 12.6. The summed E-state index contributed by atoms with van der Waals surface area (Å²) in [6.07, 6.45) is 1.62. The zero-order valence-electron chi connectivity index (χ0n) is 14.7. The number of phenols is 1. The number of phenolic OH excluding ortho intramolecular Hbond substituents is 1. The lowest BCUT2D eigenvalue weighted by atomic mass is 10.3. The number of sulfonamides is 1. The number of halogens is 2. The van der Waals surface area contributed by atoms with Crippen molar-refractivity contribution in [1.29, 1.82) is 0 Å². The van der Waals surface area contributed by atoms with Crippen LogP contribution in [-0.2, 0) is 14.8 Å². The standard InChI is InChI=1S/C18H18Cl2N2O5S/c19-12-3-5-14(20)17(9-12)27-11-18(24)21-15-10-13(4-6-16(15)23)28(25,26)22-7-1-2-8-22/h3-6,9-10,23H,1-2,7-8,11H2,(H,21,24). The number of ether oxygens (including phenoxy) is 1. The normalized spacial score (nSPS) is 14.8. The molecule has 2 aromatic carbocycles. The van der Waals surface area contributed by atoms with Gasteiger partial charge in [0.1, 0.15) is 11.5 Å². The molecule has 3 rings (SSSR count). The fraction of sp³-hybridized carbons (Fsp3) is 0.278. The first-order valence-electron chi connectivity index (χ1n) is 8.48. The van der Waals surface area contributed by atoms with Gasteiger partial charge < -0.3 is 15.2 Å². The van der Waals surface area contributed by atoms with Crippen LogP contribution in [0.1, 0.15) is 12.8 Å². The summed E-state index contributed by atoms with van der Waals surface area (Å²) in [7, 11) is -3.67. The first-order valence-corrected chi connectivity index (χ1v) is 10.7. The third kappa shape index (κ3) is 4.70. The van der Waals surface area contributed by atoms with Crippen molar-refractivity contribution in [3.05, 3.63) is 46.4 Å². The minimum absolute atomic E-state index is 0.00121. The number of amides is 1. The van der Waals surface area contributed by atoms with Gasteiger partial charge in [-0.2, -0.15) is 4.31 Å². The molecule has 1 aliphatic rings. The predicted molar refractivity (Wildman–Crippen MR) is 107 cm³/mol.